The zero-order chi connectivity index (χ0) is 23.3. The second-order valence-corrected chi connectivity index (χ2v) is 7.90. The summed E-state index contributed by atoms with van der Waals surface area (Å²) in [6, 6.07) is 0.909. The van der Waals surface area contributed by atoms with Crippen molar-refractivity contribution in [3.63, 3.8) is 0 Å². The van der Waals surface area contributed by atoms with Crippen LogP contribution >= 0.6 is 0 Å². The second-order valence-electron chi connectivity index (χ2n) is 7.90. The summed E-state index contributed by atoms with van der Waals surface area (Å²) in [5, 5.41) is 2.32. The summed E-state index contributed by atoms with van der Waals surface area (Å²) < 4.78 is 77.7. The molecule has 0 spiro atoms. The van der Waals surface area contributed by atoms with Gasteiger partial charge in [0.2, 0.25) is 0 Å². The van der Waals surface area contributed by atoms with E-state index in [0.29, 0.717) is 18.6 Å². The number of unbranched alkanes of at least 4 members (excludes halogenated alkanes) is 11. The van der Waals surface area contributed by atoms with Gasteiger partial charge in [-0.3, -0.25) is 4.79 Å². The number of benzene rings is 1. The first-order valence-corrected chi connectivity index (χ1v) is 11.1. The van der Waals surface area contributed by atoms with Crippen LogP contribution in [0.2, 0.25) is 0 Å². The smallest absolute Gasteiger partial charge is 0.352 e. The minimum absolute atomic E-state index is 0.129. The van der Waals surface area contributed by atoms with E-state index in [-0.39, 0.29) is 12.6 Å². The Morgan fingerprint density at radius 3 is 1.68 bits per heavy atom. The highest BCUT2D eigenvalue weighted by atomic mass is 19.4. The lowest BCUT2D eigenvalue weighted by molar-refractivity contribution is -0.141. The van der Waals surface area contributed by atoms with Gasteiger partial charge in [-0.05, 0) is 24.6 Å². The lowest BCUT2D eigenvalue weighted by Gasteiger charge is -2.15. The first-order valence-electron chi connectivity index (χ1n) is 11.1. The number of nitrogens with one attached hydrogen (secondary N) is 1. The fourth-order valence-electron chi connectivity index (χ4n) is 3.42. The Bertz CT molecular complexity index is 654. The van der Waals surface area contributed by atoms with Crippen molar-refractivity contribution in [1.82, 2.24) is 5.32 Å². The van der Waals surface area contributed by atoms with Gasteiger partial charge in [0, 0.05) is 6.54 Å². The third-order valence-corrected chi connectivity index (χ3v) is 5.21. The molecule has 1 N–H and O–H groups in total. The number of hydrogen-bond acceptors (Lipinski definition) is 1. The molecule has 0 radical (unpaired) electrons. The maximum absolute atomic E-state index is 13.1. The standard InChI is InChI=1S/C23H33F6NO/c1-2-3-4-5-6-7-8-9-10-11-12-13-16-30-21(31)19-17-18(22(24,25)26)14-15-20(19)23(27,28)29/h14-15,17H,2-13,16H2,1H3,(H,30,31). The van der Waals surface area contributed by atoms with Crippen molar-refractivity contribution in [3.8, 4) is 0 Å². The van der Waals surface area contributed by atoms with E-state index in [2.05, 4.69) is 12.2 Å². The Morgan fingerprint density at radius 1 is 0.742 bits per heavy atom. The maximum atomic E-state index is 13.1. The van der Waals surface area contributed by atoms with Gasteiger partial charge < -0.3 is 5.32 Å². The van der Waals surface area contributed by atoms with Crippen LogP contribution in [0.3, 0.4) is 0 Å². The van der Waals surface area contributed by atoms with Gasteiger partial charge in [-0.2, -0.15) is 26.3 Å². The summed E-state index contributed by atoms with van der Waals surface area (Å²) in [4.78, 5) is 12.1. The molecule has 1 aromatic carbocycles. The van der Waals surface area contributed by atoms with Crippen LogP contribution in [0.4, 0.5) is 26.3 Å². The molecule has 0 atom stereocenters. The van der Waals surface area contributed by atoms with Crippen LogP contribution < -0.4 is 5.32 Å². The molecule has 0 aliphatic heterocycles. The summed E-state index contributed by atoms with van der Waals surface area (Å²) in [5.74, 6) is -1.14. The summed E-state index contributed by atoms with van der Waals surface area (Å²) in [7, 11) is 0. The molecule has 1 rings (SSSR count). The maximum Gasteiger partial charge on any atom is 0.417 e. The van der Waals surface area contributed by atoms with E-state index < -0.39 is 35.0 Å². The van der Waals surface area contributed by atoms with Crippen molar-refractivity contribution < 1.29 is 31.1 Å². The normalized spacial score (nSPS) is 12.2. The van der Waals surface area contributed by atoms with Crippen LogP contribution in [0.1, 0.15) is 105 Å². The SMILES string of the molecule is CCCCCCCCCCCCCCNC(=O)c1cc(C(F)(F)F)ccc1C(F)(F)F. The average Bonchev–Trinajstić information content (AvgIpc) is 2.69. The van der Waals surface area contributed by atoms with Gasteiger partial charge in [0.25, 0.3) is 5.91 Å². The number of halogens is 6. The lowest BCUT2D eigenvalue weighted by atomic mass is 10.0. The van der Waals surface area contributed by atoms with Gasteiger partial charge in [0.15, 0.2) is 0 Å². The number of carbonyl (C=O) groups excluding carboxylic acids is 1. The fourth-order valence-corrected chi connectivity index (χ4v) is 3.42. The van der Waals surface area contributed by atoms with E-state index in [9.17, 15) is 31.1 Å². The molecular formula is C23H33F6NO. The molecule has 31 heavy (non-hydrogen) atoms. The number of alkyl halides is 6. The van der Waals surface area contributed by atoms with Crippen LogP contribution in [0.5, 0.6) is 0 Å². The summed E-state index contributed by atoms with van der Waals surface area (Å²) >= 11 is 0. The second kappa shape index (κ2) is 13.6. The Morgan fingerprint density at radius 2 is 1.23 bits per heavy atom. The minimum Gasteiger partial charge on any atom is -0.352 e. The monoisotopic (exact) mass is 453 g/mol. The lowest BCUT2D eigenvalue weighted by Crippen LogP contribution is -2.27. The fraction of sp³-hybridized carbons (Fsp3) is 0.696. The van der Waals surface area contributed by atoms with E-state index in [1.54, 1.807) is 0 Å². The molecule has 0 fully saturated rings. The topological polar surface area (TPSA) is 29.1 Å². The highest BCUT2D eigenvalue weighted by Gasteiger charge is 2.38. The number of hydrogen-bond donors (Lipinski definition) is 1. The highest BCUT2D eigenvalue weighted by Crippen LogP contribution is 2.36. The van der Waals surface area contributed by atoms with Gasteiger partial charge in [0.05, 0.1) is 16.7 Å². The number of amides is 1. The van der Waals surface area contributed by atoms with Gasteiger partial charge in [-0.15, -0.1) is 0 Å². The predicted octanol–water partition coefficient (Wildman–Crippen LogP) is 8.16. The van der Waals surface area contributed by atoms with Gasteiger partial charge in [-0.25, -0.2) is 0 Å². The molecule has 0 aromatic heterocycles. The molecule has 178 valence electrons. The third-order valence-electron chi connectivity index (χ3n) is 5.21. The zero-order valence-corrected chi connectivity index (χ0v) is 18.1. The summed E-state index contributed by atoms with van der Waals surface area (Å²) in [6.45, 7) is 2.32. The van der Waals surface area contributed by atoms with Crippen LogP contribution in [-0.2, 0) is 12.4 Å². The van der Waals surface area contributed by atoms with E-state index in [0.717, 1.165) is 25.7 Å². The molecule has 0 saturated heterocycles. The molecule has 0 unspecified atom stereocenters. The molecule has 0 saturated carbocycles. The van der Waals surface area contributed by atoms with Crippen LogP contribution in [0.25, 0.3) is 0 Å². The van der Waals surface area contributed by atoms with Gasteiger partial charge in [-0.1, -0.05) is 77.6 Å². The molecule has 8 heteroatoms. The van der Waals surface area contributed by atoms with Crippen LogP contribution in [-0.4, -0.2) is 12.5 Å². The molecule has 1 aromatic rings. The molecule has 2 nitrogen and oxygen atoms in total. The van der Waals surface area contributed by atoms with Crippen molar-refractivity contribution in [2.45, 2.75) is 96.3 Å². The predicted molar refractivity (Wildman–Crippen MR) is 110 cm³/mol. The van der Waals surface area contributed by atoms with Crippen molar-refractivity contribution in [2.75, 3.05) is 6.54 Å². The van der Waals surface area contributed by atoms with Crippen molar-refractivity contribution in [2.24, 2.45) is 0 Å². The Balaban J connectivity index is 2.33. The van der Waals surface area contributed by atoms with Gasteiger partial charge >= 0.3 is 12.4 Å². The van der Waals surface area contributed by atoms with Crippen molar-refractivity contribution in [1.29, 1.82) is 0 Å². The Kier molecular flexibility index (Phi) is 12.0. The van der Waals surface area contributed by atoms with E-state index >= 15 is 0 Å². The first kappa shape index (κ1) is 27.3. The molecular weight excluding hydrogens is 420 g/mol. The molecule has 0 aliphatic rings. The minimum atomic E-state index is -4.91. The van der Waals surface area contributed by atoms with E-state index in [1.165, 1.54) is 44.9 Å². The van der Waals surface area contributed by atoms with Crippen LogP contribution in [0, 0.1) is 0 Å². The highest BCUT2D eigenvalue weighted by molar-refractivity contribution is 5.96. The van der Waals surface area contributed by atoms with Crippen molar-refractivity contribution in [3.05, 3.63) is 34.9 Å². The van der Waals surface area contributed by atoms with Gasteiger partial charge in [0.1, 0.15) is 0 Å². The average molecular weight is 454 g/mol. The quantitative estimate of drug-likeness (QED) is 0.223. The van der Waals surface area contributed by atoms with Crippen molar-refractivity contribution >= 4 is 5.91 Å². The molecule has 0 heterocycles. The Hall–Kier alpha value is -1.73. The first-order chi connectivity index (χ1) is 14.6. The van der Waals surface area contributed by atoms with Crippen LogP contribution in [0.15, 0.2) is 18.2 Å². The molecule has 1 amide bonds. The summed E-state index contributed by atoms with van der Waals surface area (Å²) in [5.41, 5.74) is -3.65. The Labute approximate surface area is 180 Å². The third kappa shape index (κ3) is 10.9. The largest absolute Gasteiger partial charge is 0.417 e. The molecule has 0 bridgehead atoms. The number of carbonyl (C=O) groups is 1. The van der Waals surface area contributed by atoms with E-state index in [1.807, 2.05) is 0 Å². The van der Waals surface area contributed by atoms with E-state index in [4.69, 9.17) is 0 Å². The zero-order valence-electron chi connectivity index (χ0n) is 18.1. The number of rotatable bonds is 14. The summed E-state index contributed by atoms with van der Waals surface area (Å²) in [6.07, 6.45) is 3.62. The molecule has 0 aliphatic carbocycles.